The van der Waals surface area contributed by atoms with Gasteiger partial charge in [-0.05, 0) is 75.9 Å². The van der Waals surface area contributed by atoms with Crippen molar-refractivity contribution in [2.24, 2.45) is 0 Å². The Kier molecular flexibility index (Phi) is 5.35. The number of nitrogens with zero attached hydrogens (tertiary/aromatic N) is 2. The molecule has 1 aliphatic rings. The van der Waals surface area contributed by atoms with E-state index in [9.17, 15) is 10.1 Å². The molecule has 0 spiro atoms. The van der Waals surface area contributed by atoms with E-state index < -0.39 is 4.92 Å². The van der Waals surface area contributed by atoms with E-state index in [1.54, 1.807) is 7.11 Å². The molecule has 6 nitrogen and oxygen atoms in total. The first-order valence-electron chi connectivity index (χ1n) is 9.54. The lowest BCUT2D eigenvalue weighted by atomic mass is 9.82. The van der Waals surface area contributed by atoms with Gasteiger partial charge in [0.15, 0.2) is 0 Å². The van der Waals surface area contributed by atoms with Crippen molar-refractivity contribution in [2.45, 2.75) is 58.0 Å². The summed E-state index contributed by atoms with van der Waals surface area (Å²) in [5, 5.41) is 15.2. The SMILES string of the molecule is COc1ccc2cc(/C(=C\[N+](=O)[O-])ON3C(C)(C)CCCC3(C)C)ccc2c1. The molecule has 150 valence electrons. The second-order valence-electron chi connectivity index (χ2n) is 8.57. The zero-order valence-corrected chi connectivity index (χ0v) is 17.2. The second-order valence-corrected chi connectivity index (χ2v) is 8.57. The van der Waals surface area contributed by atoms with Crippen molar-refractivity contribution < 1.29 is 14.5 Å². The summed E-state index contributed by atoms with van der Waals surface area (Å²) in [6.45, 7) is 8.46. The van der Waals surface area contributed by atoms with Crippen LogP contribution in [0.5, 0.6) is 5.75 Å². The first-order chi connectivity index (χ1) is 13.1. The summed E-state index contributed by atoms with van der Waals surface area (Å²) < 4.78 is 5.27. The van der Waals surface area contributed by atoms with Crippen LogP contribution < -0.4 is 4.74 Å². The summed E-state index contributed by atoms with van der Waals surface area (Å²) in [7, 11) is 1.63. The molecule has 0 aromatic heterocycles. The standard InChI is InChI=1S/C22H28N2O4/c1-21(2)11-6-12-22(3,4)24(21)28-20(15-23(25)26)18-8-7-17-14-19(27-5)10-9-16(17)13-18/h7-10,13-15H,6,11-12H2,1-5H3/b20-15+. The predicted molar refractivity (Wildman–Crippen MR) is 110 cm³/mol. The van der Waals surface area contributed by atoms with Gasteiger partial charge >= 0.3 is 0 Å². The van der Waals surface area contributed by atoms with Gasteiger partial charge in [-0.2, -0.15) is 0 Å². The molecule has 0 unspecified atom stereocenters. The fraction of sp³-hybridized carbons (Fsp3) is 0.455. The van der Waals surface area contributed by atoms with Crippen LogP contribution in [0.1, 0.15) is 52.5 Å². The molecule has 0 amide bonds. The Morgan fingerprint density at radius 3 is 2.29 bits per heavy atom. The molecule has 1 fully saturated rings. The zero-order chi connectivity index (χ0) is 20.5. The lowest BCUT2D eigenvalue weighted by Crippen LogP contribution is -2.57. The van der Waals surface area contributed by atoms with Crippen LogP contribution in [0.4, 0.5) is 0 Å². The summed E-state index contributed by atoms with van der Waals surface area (Å²) in [6, 6.07) is 11.4. The molecule has 0 saturated carbocycles. The zero-order valence-electron chi connectivity index (χ0n) is 17.2. The lowest BCUT2D eigenvalue weighted by Gasteiger charge is -2.50. The number of ether oxygens (including phenoxy) is 1. The number of hydrogen-bond donors (Lipinski definition) is 0. The molecule has 1 aliphatic heterocycles. The van der Waals surface area contributed by atoms with E-state index >= 15 is 0 Å². The highest BCUT2D eigenvalue weighted by Crippen LogP contribution is 2.40. The monoisotopic (exact) mass is 384 g/mol. The number of methoxy groups -OCH3 is 1. The Labute approximate surface area is 165 Å². The Morgan fingerprint density at radius 1 is 1.07 bits per heavy atom. The van der Waals surface area contributed by atoms with Crippen LogP contribution in [0, 0.1) is 10.1 Å². The Hall–Kier alpha value is -2.60. The maximum atomic E-state index is 11.3. The molecule has 0 bridgehead atoms. The van der Waals surface area contributed by atoms with Crippen molar-refractivity contribution in [1.29, 1.82) is 0 Å². The summed E-state index contributed by atoms with van der Waals surface area (Å²) in [4.78, 5) is 17.1. The van der Waals surface area contributed by atoms with Crippen molar-refractivity contribution in [2.75, 3.05) is 7.11 Å². The molecule has 0 N–H and O–H groups in total. The molecule has 0 atom stereocenters. The number of nitro groups is 1. The molecule has 3 rings (SSSR count). The van der Waals surface area contributed by atoms with Gasteiger partial charge in [-0.3, -0.25) is 10.1 Å². The van der Waals surface area contributed by atoms with Crippen LogP contribution in [0.2, 0.25) is 0 Å². The first kappa shape index (κ1) is 20.1. The van der Waals surface area contributed by atoms with Crippen molar-refractivity contribution in [3.63, 3.8) is 0 Å². The minimum absolute atomic E-state index is 0.221. The number of benzene rings is 2. The van der Waals surface area contributed by atoms with Gasteiger partial charge in [0.2, 0.25) is 5.76 Å². The molecule has 2 aromatic carbocycles. The molecule has 6 heteroatoms. The summed E-state index contributed by atoms with van der Waals surface area (Å²) >= 11 is 0. The van der Waals surface area contributed by atoms with Gasteiger partial charge in [0.05, 0.1) is 23.1 Å². The van der Waals surface area contributed by atoms with E-state index in [0.29, 0.717) is 5.56 Å². The van der Waals surface area contributed by atoms with E-state index in [1.807, 2.05) is 41.5 Å². The number of fused-ring (bicyclic) bond motifs is 1. The molecule has 1 heterocycles. The van der Waals surface area contributed by atoms with Gasteiger partial charge in [0.1, 0.15) is 5.75 Å². The number of hydrogen-bond acceptors (Lipinski definition) is 5. The van der Waals surface area contributed by atoms with Crippen molar-refractivity contribution in [3.05, 3.63) is 58.3 Å². The van der Waals surface area contributed by atoms with Crippen molar-refractivity contribution in [3.8, 4) is 5.75 Å². The van der Waals surface area contributed by atoms with E-state index in [0.717, 1.165) is 42.0 Å². The molecular weight excluding hydrogens is 356 g/mol. The van der Waals surface area contributed by atoms with E-state index in [1.165, 1.54) is 0 Å². The third-order valence-corrected chi connectivity index (χ3v) is 5.42. The third kappa shape index (κ3) is 4.12. The van der Waals surface area contributed by atoms with Gasteiger partial charge in [-0.15, -0.1) is 5.06 Å². The summed E-state index contributed by atoms with van der Waals surface area (Å²) in [5.74, 6) is 1.01. The maximum absolute atomic E-state index is 11.3. The van der Waals surface area contributed by atoms with Crippen LogP contribution in [-0.2, 0) is 4.84 Å². The quantitative estimate of drug-likeness (QED) is 0.392. The van der Waals surface area contributed by atoms with Crippen LogP contribution >= 0.6 is 0 Å². The third-order valence-electron chi connectivity index (χ3n) is 5.42. The number of rotatable bonds is 5. The Balaban J connectivity index is 2.01. The van der Waals surface area contributed by atoms with Gasteiger partial charge in [0, 0.05) is 5.56 Å². The van der Waals surface area contributed by atoms with Crippen molar-refractivity contribution >= 4 is 16.5 Å². The average Bonchev–Trinajstić information content (AvgIpc) is 2.62. The minimum Gasteiger partial charge on any atom is -0.497 e. The van der Waals surface area contributed by atoms with E-state index in [4.69, 9.17) is 9.57 Å². The highest BCUT2D eigenvalue weighted by atomic mass is 16.7. The van der Waals surface area contributed by atoms with Crippen LogP contribution in [0.15, 0.2) is 42.6 Å². The number of hydroxylamine groups is 2. The van der Waals surface area contributed by atoms with Crippen LogP contribution in [0.3, 0.4) is 0 Å². The fourth-order valence-electron chi connectivity index (χ4n) is 4.07. The highest BCUT2D eigenvalue weighted by Gasteiger charge is 2.44. The summed E-state index contributed by atoms with van der Waals surface area (Å²) in [6.07, 6.45) is 4.00. The molecule has 0 aliphatic carbocycles. The maximum Gasteiger partial charge on any atom is 0.279 e. The number of piperidine rings is 1. The minimum atomic E-state index is -0.461. The molecular formula is C22H28N2O4. The van der Waals surface area contributed by atoms with E-state index in [-0.39, 0.29) is 16.8 Å². The Bertz CT molecular complexity index is 902. The predicted octanol–water partition coefficient (Wildman–Crippen LogP) is 5.40. The molecule has 28 heavy (non-hydrogen) atoms. The van der Waals surface area contributed by atoms with E-state index in [2.05, 4.69) is 27.7 Å². The second kappa shape index (κ2) is 7.43. The van der Waals surface area contributed by atoms with Gasteiger partial charge < -0.3 is 9.57 Å². The first-order valence-corrected chi connectivity index (χ1v) is 9.54. The van der Waals surface area contributed by atoms with Crippen molar-refractivity contribution in [1.82, 2.24) is 5.06 Å². The largest absolute Gasteiger partial charge is 0.497 e. The Morgan fingerprint density at radius 2 is 1.68 bits per heavy atom. The molecule has 1 saturated heterocycles. The highest BCUT2D eigenvalue weighted by molar-refractivity contribution is 5.86. The van der Waals surface area contributed by atoms with Gasteiger partial charge in [-0.1, -0.05) is 18.2 Å². The topological polar surface area (TPSA) is 64.8 Å². The molecule has 0 radical (unpaired) electrons. The van der Waals surface area contributed by atoms with Gasteiger partial charge in [-0.25, -0.2) is 0 Å². The molecule has 2 aromatic rings. The fourth-order valence-corrected chi connectivity index (χ4v) is 4.07. The summed E-state index contributed by atoms with van der Waals surface area (Å²) in [5.41, 5.74) is 0.232. The van der Waals surface area contributed by atoms with Crippen LogP contribution in [-0.4, -0.2) is 28.2 Å². The lowest BCUT2D eigenvalue weighted by molar-refractivity contribution is -0.404. The average molecular weight is 384 g/mol. The smallest absolute Gasteiger partial charge is 0.279 e. The van der Waals surface area contributed by atoms with Gasteiger partial charge in [0.25, 0.3) is 6.20 Å². The van der Waals surface area contributed by atoms with Crippen LogP contribution in [0.25, 0.3) is 16.5 Å². The normalized spacial score (nSPS) is 19.4.